The quantitative estimate of drug-likeness (QED) is 0.376. The van der Waals surface area contributed by atoms with Crippen LogP contribution in [-0.2, 0) is 25.6 Å². The molecule has 0 N–H and O–H groups in total. The molecule has 7 heteroatoms. The minimum absolute atomic E-state index is 0.0890. The van der Waals surface area contributed by atoms with Crippen LogP contribution in [-0.4, -0.2) is 30.2 Å². The van der Waals surface area contributed by atoms with Crippen molar-refractivity contribution in [2.75, 3.05) is 16.3 Å². The number of esters is 1. The lowest BCUT2D eigenvalue weighted by Gasteiger charge is -2.20. The molecule has 2 bridgehead atoms. The number of hydrogen-bond acceptors (Lipinski definition) is 5. The summed E-state index contributed by atoms with van der Waals surface area (Å²) in [5.41, 5.74) is 2.43. The van der Waals surface area contributed by atoms with Gasteiger partial charge in [-0.2, -0.15) is 0 Å². The first-order valence-electron chi connectivity index (χ1n) is 12.5. The minimum Gasteiger partial charge on any atom is -0.426 e. The molecule has 2 saturated heterocycles. The van der Waals surface area contributed by atoms with Gasteiger partial charge in [0.2, 0.25) is 17.7 Å². The fraction of sp³-hybridized carbons (Fsp3) is 0.429. The molecule has 2 heterocycles. The molecule has 6 rings (SSSR count). The van der Waals surface area contributed by atoms with Crippen LogP contribution in [0.2, 0.25) is 0 Å². The molecule has 4 aliphatic rings. The van der Waals surface area contributed by atoms with Crippen molar-refractivity contribution in [1.82, 2.24) is 0 Å². The average molecular weight is 473 g/mol. The summed E-state index contributed by atoms with van der Waals surface area (Å²) in [5.74, 6) is -0.603. The molecule has 2 aromatic rings. The zero-order chi connectivity index (χ0) is 24.3. The number of aryl methyl sites for hydroxylation is 1. The summed E-state index contributed by atoms with van der Waals surface area (Å²) in [5, 5.41) is 0. The van der Waals surface area contributed by atoms with Crippen molar-refractivity contribution in [3.05, 3.63) is 54.1 Å². The Hall–Kier alpha value is -3.48. The molecule has 2 saturated carbocycles. The third kappa shape index (κ3) is 3.48. The standard InChI is InChI=1S/C28H28N2O5/c1-2-16-5-3-4-6-22(16)29-15-19(14-23(29)31)28(34)35-21-11-9-20(10-12-21)30-26(32)24-17-7-8-18(13-17)25(24)27(30)33/h3-6,9-12,17-19,24-25H,2,7-8,13-15H2,1H3/t17-,18-,19+,24+,25+/m0/s1. The SMILES string of the molecule is CCc1ccccc1N1C[C@H](C(=O)Oc2ccc(N3C(=O)[C@@H]4[C@H]5CC[C@@H](C5)[C@H]4C3=O)cc2)CC1=O. The van der Waals surface area contributed by atoms with Crippen LogP contribution in [0.3, 0.4) is 0 Å². The van der Waals surface area contributed by atoms with Gasteiger partial charge in [0.25, 0.3) is 0 Å². The fourth-order valence-electron chi connectivity index (χ4n) is 6.70. The number of hydrogen-bond donors (Lipinski definition) is 0. The van der Waals surface area contributed by atoms with Crippen molar-refractivity contribution in [1.29, 1.82) is 0 Å². The number of carbonyl (C=O) groups excluding carboxylic acids is 4. The van der Waals surface area contributed by atoms with Crippen LogP contribution in [0.4, 0.5) is 11.4 Å². The van der Waals surface area contributed by atoms with Crippen LogP contribution in [0.1, 0.15) is 38.2 Å². The van der Waals surface area contributed by atoms with Crippen LogP contribution in [0.15, 0.2) is 48.5 Å². The third-order valence-electron chi connectivity index (χ3n) is 8.36. The number of benzene rings is 2. The van der Waals surface area contributed by atoms with Crippen LogP contribution >= 0.6 is 0 Å². The van der Waals surface area contributed by atoms with Gasteiger partial charge in [-0.25, -0.2) is 0 Å². The number of ether oxygens (including phenoxy) is 1. The largest absolute Gasteiger partial charge is 0.426 e. The maximum absolute atomic E-state index is 13.0. The molecule has 0 spiro atoms. The molecule has 2 aliphatic carbocycles. The highest BCUT2D eigenvalue weighted by Gasteiger charge is 2.61. The van der Waals surface area contributed by atoms with Crippen LogP contribution in [0, 0.1) is 29.6 Å². The molecular formula is C28H28N2O5. The molecule has 5 atom stereocenters. The summed E-state index contributed by atoms with van der Waals surface area (Å²) < 4.78 is 5.57. The maximum atomic E-state index is 13.0. The Balaban J connectivity index is 1.13. The highest BCUT2D eigenvalue weighted by atomic mass is 16.5. The molecule has 180 valence electrons. The van der Waals surface area contributed by atoms with E-state index < -0.39 is 11.9 Å². The highest BCUT2D eigenvalue weighted by Crippen LogP contribution is 2.56. The van der Waals surface area contributed by atoms with Gasteiger partial charge in [-0.15, -0.1) is 0 Å². The van der Waals surface area contributed by atoms with Crippen LogP contribution in [0.5, 0.6) is 5.75 Å². The topological polar surface area (TPSA) is 84.0 Å². The van der Waals surface area contributed by atoms with E-state index in [1.165, 1.54) is 4.90 Å². The predicted molar refractivity (Wildman–Crippen MR) is 129 cm³/mol. The van der Waals surface area contributed by atoms with E-state index in [0.717, 1.165) is 36.9 Å². The Morgan fingerprint density at radius 3 is 2.26 bits per heavy atom. The van der Waals surface area contributed by atoms with E-state index in [1.807, 2.05) is 31.2 Å². The number of amides is 3. The Bertz CT molecular complexity index is 1190. The first kappa shape index (κ1) is 22.0. The second-order valence-corrected chi connectivity index (χ2v) is 10.2. The molecule has 3 amide bonds. The Morgan fingerprint density at radius 2 is 1.60 bits per heavy atom. The van der Waals surface area contributed by atoms with Gasteiger partial charge in [-0.1, -0.05) is 25.1 Å². The van der Waals surface area contributed by atoms with Gasteiger partial charge in [0.15, 0.2) is 0 Å². The zero-order valence-electron chi connectivity index (χ0n) is 19.7. The zero-order valence-corrected chi connectivity index (χ0v) is 19.7. The summed E-state index contributed by atoms with van der Waals surface area (Å²) in [7, 11) is 0. The molecule has 4 fully saturated rings. The molecule has 0 radical (unpaired) electrons. The Morgan fingerprint density at radius 1 is 0.943 bits per heavy atom. The lowest BCUT2D eigenvalue weighted by atomic mass is 9.81. The molecule has 35 heavy (non-hydrogen) atoms. The van der Waals surface area contributed by atoms with Gasteiger partial charge >= 0.3 is 5.97 Å². The van der Waals surface area contributed by atoms with Gasteiger partial charge in [-0.3, -0.25) is 24.1 Å². The molecule has 7 nitrogen and oxygen atoms in total. The van der Waals surface area contributed by atoms with E-state index >= 15 is 0 Å². The van der Waals surface area contributed by atoms with Crippen molar-refractivity contribution >= 4 is 35.1 Å². The van der Waals surface area contributed by atoms with Crippen molar-refractivity contribution in [2.45, 2.75) is 39.0 Å². The molecule has 2 aromatic carbocycles. The third-order valence-corrected chi connectivity index (χ3v) is 8.36. The summed E-state index contributed by atoms with van der Waals surface area (Å²) in [6, 6.07) is 14.3. The fourth-order valence-corrected chi connectivity index (χ4v) is 6.70. The minimum atomic E-state index is -0.552. The first-order valence-corrected chi connectivity index (χ1v) is 12.5. The van der Waals surface area contributed by atoms with Crippen LogP contribution in [0.25, 0.3) is 0 Å². The number of para-hydroxylation sites is 1. The smallest absolute Gasteiger partial charge is 0.316 e. The second kappa shape index (κ2) is 8.33. The number of fused-ring (bicyclic) bond motifs is 5. The first-order chi connectivity index (χ1) is 17.0. The van der Waals surface area contributed by atoms with Gasteiger partial charge in [0.1, 0.15) is 5.75 Å². The second-order valence-electron chi connectivity index (χ2n) is 10.2. The molecular weight excluding hydrogens is 444 g/mol. The summed E-state index contributed by atoms with van der Waals surface area (Å²) >= 11 is 0. The number of imide groups is 1. The average Bonchev–Trinajstić information content (AvgIpc) is 3.63. The van der Waals surface area contributed by atoms with E-state index in [0.29, 0.717) is 23.3 Å². The molecule has 0 aromatic heterocycles. The summed E-state index contributed by atoms with van der Waals surface area (Å²) in [4.78, 5) is 54.5. The van der Waals surface area contributed by atoms with Crippen molar-refractivity contribution in [3.8, 4) is 5.75 Å². The number of rotatable bonds is 5. The predicted octanol–water partition coefficient (Wildman–Crippen LogP) is 3.74. The Labute approximate surface area is 204 Å². The van der Waals surface area contributed by atoms with Crippen molar-refractivity contribution < 1.29 is 23.9 Å². The molecule has 2 aliphatic heterocycles. The van der Waals surface area contributed by atoms with Gasteiger partial charge in [0, 0.05) is 18.7 Å². The van der Waals surface area contributed by atoms with E-state index in [2.05, 4.69) is 0 Å². The number of carbonyl (C=O) groups is 4. The number of anilines is 2. The lowest BCUT2D eigenvalue weighted by Crippen LogP contribution is -2.32. The Kier molecular flexibility index (Phi) is 5.24. The monoisotopic (exact) mass is 472 g/mol. The van der Waals surface area contributed by atoms with Crippen molar-refractivity contribution in [3.63, 3.8) is 0 Å². The van der Waals surface area contributed by atoms with Gasteiger partial charge in [-0.05, 0) is 73.4 Å². The maximum Gasteiger partial charge on any atom is 0.316 e. The van der Waals surface area contributed by atoms with E-state index in [1.54, 1.807) is 29.2 Å². The number of nitrogens with zero attached hydrogens (tertiary/aromatic N) is 2. The molecule has 0 unspecified atom stereocenters. The summed E-state index contributed by atoms with van der Waals surface area (Å²) in [6.07, 6.45) is 3.99. The lowest BCUT2D eigenvalue weighted by molar-refractivity contribution is -0.139. The van der Waals surface area contributed by atoms with Crippen LogP contribution < -0.4 is 14.5 Å². The van der Waals surface area contributed by atoms with E-state index in [9.17, 15) is 19.2 Å². The van der Waals surface area contributed by atoms with Crippen molar-refractivity contribution in [2.24, 2.45) is 29.6 Å². The van der Waals surface area contributed by atoms with E-state index in [-0.39, 0.29) is 42.5 Å². The van der Waals surface area contributed by atoms with Gasteiger partial charge in [0.05, 0.1) is 23.4 Å². The highest BCUT2D eigenvalue weighted by molar-refractivity contribution is 6.22. The van der Waals surface area contributed by atoms with Gasteiger partial charge < -0.3 is 9.64 Å². The summed E-state index contributed by atoms with van der Waals surface area (Å²) in [6.45, 7) is 2.32. The van der Waals surface area contributed by atoms with E-state index in [4.69, 9.17) is 4.74 Å². The normalized spacial score (nSPS) is 29.3.